The number of benzene rings is 1. The van der Waals surface area contributed by atoms with Crippen molar-refractivity contribution in [2.75, 3.05) is 12.4 Å². The van der Waals surface area contributed by atoms with Gasteiger partial charge in [0.25, 0.3) is 0 Å². The Morgan fingerprint density at radius 2 is 1.95 bits per heavy atom. The number of anilines is 1. The van der Waals surface area contributed by atoms with Crippen LogP contribution in [-0.4, -0.2) is 23.1 Å². The third kappa shape index (κ3) is 4.00. The number of urea groups is 1. The van der Waals surface area contributed by atoms with Crippen LogP contribution in [0.25, 0.3) is 0 Å². The van der Waals surface area contributed by atoms with Crippen LogP contribution in [0.3, 0.4) is 0 Å². The topological polar surface area (TPSA) is 58.4 Å². The second-order valence-electron chi connectivity index (χ2n) is 4.79. The molecule has 5 nitrogen and oxygen atoms in total. The number of alkyl halides is 3. The van der Waals surface area contributed by atoms with E-state index in [0.717, 1.165) is 12.1 Å². The third-order valence-electron chi connectivity index (χ3n) is 2.89. The number of halogens is 3. The van der Waals surface area contributed by atoms with Crippen LogP contribution in [0.15, 0.2) is 34.9 Å². The van der Waals surface area contributed by atoms with Crippen molar-refractivity contribution in [2.45, 2.75) is 19.6 Å². The van der Waals surface area contributed by atoms with Gasteiger partial charge in [-0.1, -0.05) is 5.16 Å². The Balaban J connectivity index is 1.96. The van der Waals surface area contributed by atoms with E-state index in [4.69, 9.17) is 4.52 Å². The van der Waals surface area contributed by atoms with Gasteiger partial charge in [0.2, 0.25) is 0 Å². The van der Waals surface area contributed by atoms with E-state index in [1.807, 2.05) is 0 Å². The molecule has 0 aliphatic rings. The fourth-order valence-corrected chi connectivity index (χ4v) is 1.77. The average Bonchev–Trinajstić information content (AvgIpc) is 2.83. The molecule has 118 valence electrons. The number of rotatable bonds is 3. The first-order valence-corrected chi connectivity index (χ1v) is 6.37. The zero-order valence-electron chi connectivity index (χ0n) is 11.9. The highest BCUT2D eigenvalue weighted by Crippen LogP contribution is 2.29. The molecule has 1 heterocycles. The van der Waals surface area contributed by atoms with Gasteiger partial charge in [-0.3, -0.25) is 0 Å². The molecule has 0 radical (unpaired) electrons. The number of hydrogen-bond acceptors (Lipinski definition) is 3. The summed E-state index contributed by atoms with van der Waals surface area (Å²) in [6.07, 6.45) is -4.40. The molecule has 2 aromatic rings. The normalized spacial score (nSPS) is 11.3. The van der Waals surface area contributed by atoms with E-state index < -0.39 is 17.8 Å². The van der Waals surface area contributed by atoms with E-state index >= 15 is 0 Å². The van der Waals surface area contributed by atoms with Crippen molar-refractivity contribution in [3.8, 4) is 0 Å². The van der Waals surface area contributed by atoms with Crippen LogP contribution < -0.4 is 5.32 Å². The molecule has 0 saturated heterocycles. The molecule has 2 amide bonds. The molecule has 0 aliphatic heterocycles. The van der Waals surface area contributed by atoms with E-state index in [-0.39, 0.29) is 12.2 Å². The number of nitrogens with one attached hydrogen (secondary N) is 1. The molecule has 0 atom stereocenters. The number of carbonyl (C=O) groups is 1. The van der Waals surface area contributed by atoms with Gasteiger partial charge in [-0.25, -0.2) is 4.79 Å². The SMILES string of the molecule is Cc1cc(CN(C)C(=O)Nc2ccc(C(F)(F)F)cc2)no1. The summed E-state index contributed by atoms with van der Waals surface area (Å²) in [5.74, 6) is 0.631. The first-order chi connectivity index (χ1) is 10.3. The van der Waals surface area contributed by atoms with Gasteiger partial charge in [-0.2, -0.15) is 13.2 Å². The van der Waals surface area contributed by atoms with Crippen LogP contribution in [-0.2, 0) is 12.7 Å². The maximum atomic E-state index is 12.4. The largest absolute Gasteiger partial charge is 0.416 e. The summed E-state index contributed by atoms with van der Waals surface area (Å²) >= 11 is 0. The number of nitrogens with zero attached hydrogens (tertiary/aromatic N) is 2. The van der Waals surface area contributed by atoms with Crippen molar-refractivity contribution in [3.63, 3.8) is 0 Å². The van der Waals surface area contributed by atoms with Gasteiger partial charge in [0.15, 0.2) is 0 Å². The Labute approximate surface area is 124 Å². The minimum absolute atomic E-state index is 0.226. The van der Waals surface area contributed by atoms with Gasteiger partial charge >= 0.3 is 12.2 Å². The van der Waals surface area contributed by atoms with Gasteiger partial charge in [-0.05, 0) is 31.2 Å². The summed E-state index contributed by atoms with van der Waals surface area (Å²) in [7, 11) is 1.55. The smallest absolute Gasteiger partial charge is 0.361 e. The predicted octanol–water partition coefficient (Wildman–Crippen LogP) is 3.67. The molecule has 2 rings (SSSR count). The monoisotopic (exact) mass is 313 g/mol. The maximum Gasteiger partial charge on any atom is 0.416 e. The third-order valence-corrected chi connectivity index (χ3v) is 2.89. The molecule has 1 aromatic carbocycles. The van der Waals surface area contributed by atoms with Crippen molar-refractivity contribution in [3.05, 3.63) is 47.3 Å². The van der Waals surface area contributed by atoms with E-state index in [1.54, 1.807) is 20.0 Å². The number of aryl methyl sites for hydroxylation is 1. The summed E-state index contributed by atoms with van der Waals surface area (Å²) < 4.78 is 42.2. The molecule has 0 unspecified atom stereocenters. The van der Waals surface area contributed by atoms with Crippen molar-refractivity contribution in [2.24, 2.45) is 0 Å². The molecular formula is C14H14F3N3O2. The fraction of sp³-hybridized carbons (Fsp3) is 0.286. The highest BCUT2D eigenvalue weighted by Gasteiger charge is 2.30. The van der Waals surface area contributed by atoms with Crippen LogP contribution in [0.2, 0.25) is 0 Å². The summed E-state index contributed by atoms with van der Waals surface area (Å²) in [4.78, 5) is 13.3. The van der Waals surface area contributed by atoms with E-state index in [1.165, 1.54) is 17.0 Å². The van der Waals surface area contributed by atoms with Crippen LogP contribution in [0.1, 0.15) is 17.0 Å². The molecular weight excluding hydrogens is 299 g/mol. The van der Waals surface area contributed by atoms with Crippen molar-refractivity contribution in [1.82, 2.24) is 10.1 Å². The van der Waals surface area contributed by atoms with Crippen molar-refractivity contribution < 1.29 is 22.5 Å². The second-order valence-corrected chi connectivity index (χ2v) is 4.79. The Kier molecular flexibility index (Phi) is 4.39. The van der Waals surface area contributed by atoms with E-state index in [2.05, 4.69) is 10.5 Å². The first kappa shape index (κ1) is 15.9. The molecule has 1 aromatic heterocycles. The Morgan fingerprint density at radius 1 is 1.32 bits per heavy atom. The lowest BCUT2D eigenvalue weighted by atomic mass is 10.2. The molecule has 0 bridgehead atoms. The quantitative estimate of drug-likeness (QED) is 0.940. The highest BCUT2D eigenvalue weighted by atomic mass is 19.4. The average molecular weight is 313 g/mol. The van der Waals surface area contributed by atoms with Crippen LogP contribution in [0.4, 0.5) is 23.7 Å². The van der Waals surface area contributed by atoms with Crippen molar-refractivity contribution in [1.29, 1.82) is 0 Å². The summed E-state index contributed by atoms with van der Waals surface area (Å²) in [5, 5.41) is 6.27. The Bertz CT molecular complexity index is 650. The van der Waals surface area contributed by atoms with Crippen LogP contribution in [0, 0.1) is 6.92 Å². The van der Waals surface area contributed by atoms with Gasteiger partial charge < -0.3 is 14.7 Å². The summed E-state index contributed by atoms with van der Waals surface area (Å²) in [6, 6.07) is 5.47. The molecule has 0 fully saturated rings. The molecule has 0 aliphatic carbocycles. The Morgan fingerprint density at radius 3 is 2.45 bits per heavy atom. The summed E-state index contributed by atoms with van der Waals surface area (Å²) in [5.41, 5.74) is 0.0979. The van der Waals surface area contributed by atoms with E-state index in [9.17, 15) is 18.0 Å². The number of aromatic nitrogens is 1. The van der Waals surface area contributed by atoms with Crippen LogP contribution >= 0.6 is 0 Å². The van der Waals surface area contributed by atoms with Gasteiger partial charge in [0, 0.05) is 18.8 Å². The van der Waals surface area contributed by atoms with Gasteiger partial charge in [0.05, 0.1) is 12.1 Å². The second kappa shape index (κ2) is 6.08. The number of amides is 2. The van der Waals surface area contributed by atoms with E-state index in [0.29, 0.717) is 11.5 Å². The van der Waals surface area contributed by atoms with Gasteiger partial charge in [0.1, 0.15) is 11.5 Å². The first-order valence-electron chi connectivity index (χ1n) is 6.37. The van der Waals surface area contributed by atoms with Gasteiger partial charge in [-0.15, -0.1) is 0 Å². The fourth-order valence-electron chi connectivity index (χ4n) is 1.77. The lowest BCUT2D eigenvalue weighted by Crippen LogP contribution is -2.30. The Hall–Kier alpha value is -2.51. The molecule has 22 heavy (non-hydrogen) atoms. The lowest BCUT2D eigenvalue weighted by molar-refractivity contribution is -0.137. The number of hydrogen-bond donors (Lipinski definition) is 1. The standard InChI is InChI=1S/C14H14F3N3O2/c1-9-7-12(19-22-9)8-20(2)13(21)18-11-5-3-10(4-6-11)14(15,16)17/h3-7H,8H2,1-2H3,(H,18,21). The highest BCUT2D eigenvalue weighted by molar-refractivity contribution is 5.89. The zero-order chi connectivity index (χ0) is 16.3. The lowest BCUT2D eigenvalue weighted by Gasteiger charge is -2.16. The van der Waals surface area contributed by atoms with Crippen molar-refractivity contribution >= 4 is 11.7 Å². The zero-order valence-corrected chi connectivity index (χ0v) is 11.9. The van der Waals surface area contributed by atoms with Crippen LogP contribution in [0.5, 0.6) is 0 Å². The minimum atomic E-state index is -4.40. The predicted molar refractivity (Wildman–Crippen MR) is 73.2 cm³/mol. The maximum absolute atomic E-state index is 12.4. The molecule has 8 heteroatoms. The molecule has 1 N–H and O–H groups in total. The minimum Gasteiger partial charge on any atom is -0.361 e. The summed E-state index contributed by atoms with van der Waals surface area (Å²) in [6.45, 7) is 1.96. The molecule has 0 saturated carbocycles. The number of carbonyl (C=O) groups excluding carboxylic acids is 1. The molecule has 0 spiro atoms.